The van der Waals surface area contributed by atoms with Crippen LogP contribution in [0.2, 0.25) is 10.0 Å². The molecule has 5 nitrogen and oxygen atoms in total. The number of aliphatic hydroxyl groups is 2. The van der Waals surface area contributed by atoms with Gasteiger partial charge in [0.25, 0.3) is 0 Å². The van der Waals surface area contributed by atoms with Crippen molar-refractivity contribution in [2.45, 2.75) is 111 Å². The zero-order chi connectivity index (χ0) is 30.4. The summed E-state index contributed by atoms with van der Waals surface area (Å²) in [6.45, 7) is 12.0. The van der Waals surface area contributed by atoms with Gasteiger partial charge in [-0.3, -0.25) is 5.43 Å². The molecule has 0 bridgehead atoms. The van der Waals surface area contributed by atoms with Gasteiger partial charge in [-0.1, -0.05) is 77.1 Å². The summed E-state index contributed by atoms with van der Waals surface area (Å²) in [6, 6.07) is 5.21. The Morgan fingerprint density at radius 1 is 1.10 bits per heavy atom. The molecule has 4 unspecified atom stereocenters. The molecule has 4 saturated carbocycles. The Kier molecular flexibility index (Phi) is 9.64. The monoisotopic (exact) mass is 635 g/mol. The second-order valence-corrected chi connectivity index (χ2v) is 16.3. The van der Waals surface area contributed by atoms with Gasteiger partial charge in [-0.2, -0.15) is 5.10 Å². The van der Waals surface area contributed by atoms with E-state index in [1.54, 1.807) is 18.2 Å². The fraction of sp³-hybridized carbons (Fsp3) is 0.765. The molecule has 1 aromatic rings. The largest absolute Gasteiger partial charge is 0.393 e. The summed E-state index contributed by atoms with van der Waals surface area (Å²) in [5.41, 5.74) is 2.69. The molecule has 0 aromatic heterocycles. The molecular weight excluding hydrogens is 585 g/mol. The van der Waals surface area contributed by atoms with Crippen molar-refractivity contribution < 1.29 is 10.2 Å². The fourth-order valence-corrected chi connectivity index (χ4v) is 10.9. The van der Waals surface area contributed by atoms with Crippen LogP contribution >= 0.6 is 35.4 Å². The molecule has 0 heterocycles. The van der Waals surface area contributed by atoms with Gasteiger partial charge >= 0.3 is 0 Å². The number of aliphatic hydroxyl groups excluding tert-OH is 1. The molecule has 0 spiro atoms. The lowest BCUT2D eigenvalue weighted by Gasteiger charge is -2.52. The standard InChI is InChI=1S/C34H51Cl2N3O2S/c1-20(2)7-6-8-21(3)24-10-11-25-30-26(14-15-32(24,25)4)33(5)16-13-23(40)18-34(33,41)27(30)19-37-39-31(42)38-29-12-9-22(35)17-28(29)36/h9,12,17,19-21,23-27,30,40-41H,6-8,10-11,13-16,18H2,1-5H3,(H2,38,39,42)/b37-19+/t21-,23+,24-,25?,26?,27?,30?,32-,33-,34-/m1/s1. The van der Waals surface area contributed by atoms with Crippen LogP contribution in [0.15, 0.2) is 23.3 Å². The lowest BCUT2D eigenvalue weighted by molar-refractivity contribution is -0.141. The first-order valence-electron chi connectivity index (χ1n) is 16.3. The first-order valence-corrected chi connectivity index (χ1v) is 17.4. The van der Waals surface area contributed by atoms with E-state index in [2.05, 4.69) is 50.5 Å². The molecule has 0 radical (unpaired) electrons. The van der Waals surface area contributed by atoms with Gasteiger partial charge in [0.15, 0.2) is 5.11 Å². The minimum atomic E-state index is -0.994. The lowest BCUT2D eigenvalue weighted by Crippen LogP contribution is -2.54. The van der Waals surface area contributed by atoms with Crippen LogP contribution < -0.4 is 10.7 Å². The molecule has 0 amide bonds. The van der Waals surface area contributed by atoms with Crippen molar-refractivity contribution in [1.29, 1.82) is 0 Å². The summed E-state index contributed by atoms with van der Waals surface area (Å²) in [5.74, 6) is 3.38. The van der Waals surface area contributed by atoms with Gasteiger partial charge in [-0.05, 0) is 110 Å². The van der Waals surface area contributed by atoms with Gasteiger partial charge in [0.1, 0.15) is 0 Å². The van der Waals surface area contributed by atoms with E-state index in [-0.39, 0.29) is 16.7 Å². The van der Waals surface area contributed by atoms with Gasteiger partial charge in [0.2, 0.25) is 0 Å². The number of anilines is 1. The second kappa shape index (κ2) is 12.5. The Morgan fingerprint density at radius 2 is 1.86 bits per heavy atom. The number of nitrogens with one attached hydrogen (secondary N) is 2. The fourth-order valence-electron chi connectivity index (χ4n) is 10.3. The molecule has 4 N–H and O–H groups in total. The Hall–Kier alpha value is -0.920. The van der Waals surface area contributed by atoms with Crippen LogP contribution in [0.4, 0.5) is 5.69 Å². The van der Waals surface area contributed by atoms with Crippen LogP contribution in [0.1, 0.15) is 98.8 Å². The number of benzene rings is 1. The highest BCUT2D eigenvalue weighted by Gasteiger charge is 2.71. The van der Waals surface area contributed by atoms with Crippen molar-refractivity contribution in [1.82, 2.24) is 5.43 Å². The molecule has 42 heavy (non-hydrogen) atoms. The van der Waals surface area contributed by atoms with Crippen LogP contribution in [0.25, 0.3) is 0 Å². The predicted molar refractivity (Wildman–Crippen MR) is 179 cm³/mol. The maximum Gasteiger partial charge on any atom is 0.191 e. The average molecular weight is 637 g/mol. The summed E-state index contributed by atoms with van der Waals surface area (Å²) < 4.78 is 0. The number of hydrazone groups is 1. The Morgan fingerprint density at radius 3 is 2.57 bits per heavy atom. The highest BCUT2D eigenvalue weighted by Crippen LogP contribution is 2.72. The maximum absolute atomic E-state index is 12.6. The van der Waals surface area contributed by atoms with Gasteiger partial charge in [0, 0.05) is 29.0 Å². The van der Waals surface area contributed by atoms with Crippen LogP contribution in [0.3, 0.4) is 0 Å². The molecule has 0 saturated heterocycles. The van der Waals surface area contributed by atoms with Crippen molar-refractivity contribution in [3.8, 4) is 0 Å². The Labute approximate surface area is 268 Å². The highest BCUT2D eigenvalue weighted by atomic mass is 35.5. The third-order valence-electron chi connectivity index (χ3n) is 12.4. The first-order chi connectivity index (χ1) is 19.8. The average Bonchev–Trinajstić information content (AvgIpc) is 3.35. The number of thiocarbonyl (C=S) groups is 1. The minimum absolute atomic E-state index is 0.142. The summed E-state index contributed by atoms with van der Waals surface area (Å²) in [4.78, 5) is 0. The molecule has 5 rings (SSSR count). The van der Waals surface area contributed by atoms with E-state index in [0.29, 0.717) is 45.0 Å². The van der Waals surface area contributed by atoms with E-state index in [0.717, 1.165) is 37.0 Å². The third kappa shape index (κ3) is 5.77. The summed E-state index contributed by atoms with van der Waals surface area (Å²) in [5, 5.41) is 32.5. The molecule has 4 fully saturated rings. The smallest absolute Gasteiger partial charge is 0.191 e. The van der Waals surface area contributed by atoms with Crippen molar-refractivity contribution in [2.24, 2.45) is 57.4 Å². The normalized spacial score (nSPS) is 40.0. The first kappa shape index (κ1) is 32.5. The van der Waals surface area contributed by atoms with E-state index in [1.807, 2.05) is 6.21 Å². The lowest BCUT2D eigenvalue weighted by atomic mass is 9.53. The van der Waals surface area contributed by atoms with E-state index < -0.39 is 11.7 Å². The van der Waals surface area contributed by atoms with Crippen molar-refractivity contribution in [3.05, 3.63) is 28.2 Å². The molecule has 4 aliphatic rings. The highest BCUT2D eigenvalue weighted by molar-refractivity contribution is 7.80. The van der Waals surface area contributed by atoms with Gasteiger partial charge < -0.3 is 15.5 Å². The number of hydrogen-bond acceptors (Lipinski definition) is 4. The number of halogens is 2. The summed E-state index contributed by atoms with van der Waals surface area (Å²) in [7, 11) is 0. The number of hydrogen-bond donors (Lipinski definition) is 4. The molecule has 1 aromatic carbocycles. The van der Waals surface area contributed by atoms with Crippen LogP contribution in [-0.2, 0) is 0 Å². The van der Waals surface area contributed by atoms with Gasteiger partial charge in [-0.15, -0.1) is 0 Å². The van der Waals surface area contributed by atoms with E-state index >= 15 is 0 Å². The van der Waals surface area contributed by atoms with Crippen molar-refractivity contribution in [2.75, 3.05) is 5.32 Å². The Balaban J connectivity index is 1.38. The van der Waals surface area contributed by atoms with E-state index in [1.165, 1.54) is 38.5 Å². The number of nitrogens with zero attached hydrogens (tertiary/aromatic N) is 1. The number of rotatable bonds is 8. The van der Waals surface area contributed by atoms with Gasteiger partial charge in [0.05, 0.1) is 22.4 Å². The van der Waals surface area contributed by atoms with E-state index in [4.69, 9.17) is 35.4 Å². The summed E-state index contributed by atoms with van der Waals surface area (Å²) in [6.07, 6.45) is 12.3. The SMILES string of the molecule is CC(C)CCC[C@@H](C)[C@H]1CCC2C3C(/C=N/NC(=S)Nc4ccc(Cl)cc4Cl)[C@]4(O)C[C@@H](O)CC[C@]4(C)C3CC[C@@]21C. The van der Waals surface area contributed by atoms with Crippen molar-refractivity contribution >= 4 is 52.4 Å². The molecule has 8 heteroatoms. The zero-order valence-electron chi connectivity index (χ0n) is 26.0. The maximum atomic E-state index is 12.6. The third-order valence-corrected chi connectivity index (χ3v) is 13.2. The molecule has 10 atom stereocenters. The van der Waals surface area contributed by atoms with Crippen molar-refractivity contribution in [3.63, 3.8) is 0 Å². The Bertz CT molecular complexity index is 1180. The van der Waals surface area contributed by atoms with Gasteiger partial charge in [-0.25, -0.2) is 0 Å². The van der Waals surface area contributed by atoms with Crippen LogP contribution in [-0.4, -0.2) is 33.2 Å². The molecule has 0 aliphatic heterocycles. The summed E-state index contributed by atoms with van der Waals surface area (Å²) >= 11 is 17.9. The zero-order valence-corrected chi connectivity index (χ0v) is 28.3. The van der Waals surface area contributed by atoms with E-state index in [9.17, 15) is 10.2 Å². The van der Waals surface area contributed by atoms with Crippen LogP contribution in [0.5, 0.6) is 0 Å². The molecule has 4 aliphatic carbocycles. The molecular formula is C34H51Cl2N3O2S. The number of fused-ring (bicyclic) bond motifs is 5. The van der Waals surface area contributed by atoms with Crippen LogP contribution in [0, 0.1) is 52.3 Å². The minimum Gasteiger partial charge on any atom is -0.393 e. The predicted octanol–water partition coefficient (Wildman–Crippen LogP) is 8.70. The quantitative estimate of drug-likeness (QED) is 0.131. The topological polar surface area (TPSA) is 76.9 Å². The molecule has 234 valence electrons. The second-order valence-electron chi connectivity index (χ2n) is 15.1.